The van der Waals surface area contributed by atoms with E-state index in [0.29, 0.717) is 4.90 Å². The number of hydrogen-bond acceptors (Lipinski definition) is 12. The number of aliphatic carboxylic acids is 1. The van der Waals surface area contributed by atoms with Crippen LogP contribution in [-0.2, 0) is 33.5 Å². The Hall–Kier alpha value is -2.64. The molecule has 3 atom stereocenters. The first-order chi connectivity index (χ1) is 15.2. The third kappa shape index (κ3) is 4.32. The summed E-state index contributed by atoms with van der Waals surface area (Å²) in [6, 6.07) is -2.59. The first-order valence-corrected chi connectivity index (χ1v) is 12.0. The van der Waals surface area contributed by atoms with Gasteiger partial charge in [0.25, 0.3) is 11.6 Å². The molecule has 0 aliphatic carbocycles. The summed E-state index contributed by atoms with van der Waals surface area (Å²) in [6.45, 7) is 0. The molecule has 2 amide bonds. The van der Waals surface area contributed by atoms with E-state index in [1.807, 2.05) is 0 Å². The summed E-state index contributed by atoms with van der Waals surface area (Å²) in [7, 11) is -5.24. The van der Waals surface area contributed by atoms with Gasteiger partial charge in [-0.2, -0.15) is 33.4 Å². The highest BCUT2D eigenvalue weighted by atomic mass is 32.2. The molecule has 2 fully saturated rings. The molecular weight excluding hydrogens is 519 g/mol. The number of halogens is 3. The Morgan fingerprint density at radius 2 is 2.12 bits per heavy atom. The molecule has 19 heteroatoms. The zero-order valence-corrected chi connectivity index (χ0v) is 18.7. The van der Waals surface area contributed by atoms with Crippen LogP contribution in [0.4, 0.5) is 18.3 Å². The number of oxime groups is 1. The summed E-state index contributed by atoms with van der Waals surface area (Å²) in [5.74, 6) is -5.08. The molecule has 0 aromatic carbocycles. The predicted molar refractivity (Wildman–Crippen MR) is 106 cm³/mol. The number of β-lactam (4-membered cyclic amide) rings is 1. The lowest BCUT2D eigenvalue weighted by Gasteiger charge is -2.56. The minimum absolute atomic E-state index is 0.0120. The Balaban J connectivity index is 1.86. The second-order valence-corrected chi connectivity index (χ2v) is 9.97. The van der Waals surface area contributed by atoms with Crippen LogP contribution in [0, 0.1) is 0 Å². The van der Waals surface area contributed by atoms with E-state index in [1.165, 1.54) is 5.38 Å². The first kappa shape index (κ1) is 25.0. The lowest BCUT2D eigenvalue weighted by molar-refractivity contribution is -0.201. The highest BCUT2D eigenvalue weighted by Crippen LogP contribution is 2.42. The number of nitrogen functional groups attached to an aromatic ring is 1. The Labute approximate surface area is 191 Å². The molecule has 3 heterocycles. The van der Waals surface area contributed by atoms with E-state index in [4.69, 9.17) is 5.73 Å². The number of carboxylic acids is 1. The largest absolute Gasteiger partial charge is 0.523 e. The number of carbonyl (C=O) groups is 3. The van der Waals surface area contributed by atoms with Gasteiger partial charge in [0.2, 0.25) is 5.91 Å². The van der Waals surface area contributed by atoms with Gasteiger partial charge in [0.15, 0.2) is 10.8 Å². The van der Waals surface area contributed by atoms with Gasteiger partial charge >= 0.3 is 21.6 Å². The van der Waals surface area contributed by atoms with Gasteiger partial charge in [-0.15, -0.1) is 11.3 Å². The van der Waals surface area contributed by atoms with Crippen molar-refractivity contribution in [2.24, 2.45) is 5.16 Å². The van der Waals surface area contributed by atoms with Crippen molar-refractivity contribution in [2.75, 3.05) is 24.3 Å². The normalized spacial score (nSPS) is 25.8. The number of fused-ring (bicyclic) bond motifs is 1. The van der Waals surface area contributed by atoms with Crippen molar-refractivity contribution in [2.45, 2.75) is 23.3 Å². The summed E-state index contributed by atoms with van der Waals surface area (Å²) >= 11 is 1.72. The Morgan fingerprint density at radius 1 is 1.45 bits per heavy atom. The smallest absolute Gasteiger partial charge is 0.478 e. The van der Waals surface area contributed by atoms with Crippen LogP contribution in [0.2, 0.25) is 0 Å². The number of carboxylic acid groups (broad SMARTS) is 1. The SMILES string of the molecule is CON=C(C(=O)NC1C(=O)N2C1CSCC2(OS(=O)(=O)C(F)(F)F)C(=O)O)c1csc(N)n1. The number of carbonyl (C=O) groups excluding carboxylic acids is 2. The lowest BCUT2D eigenvalue weighted by Crippen LogP contribution is -2.82. The fraction of sp³-hybridized carbons (Fsp3) is 0.500. The minimum atomic E-state index is -6.37. The van der Waals surface area contributed by atoms with Crippen LogP contribution in [0.25, 0.3) is 0 Å². The van der Waals surface area contributed by atoms with Crippen LogP contribution >= 0.6 is 23.1 Å². The molecule has 4 N–H and O–H groups in total. The molecule has 0 spiro atoms. The summed E-state index contributed by atoms with van der Waals surface area (Å²) in [5.41, 5.74) is -3.91. The third-order valence-electron chi connectivity index (χ3n) is 4.51. The van der Waals surface area contributed by atoms with E-state index in [9.17, 15) is 41.1 Å². The van der Waals surface area contributed by atoms with Crippen molar-refractivity contribution in [1.82, 2.24) is 15.2 Å². The molecular formula is C14H14F3N5O8S3. The molecule has 0 bridgehead atoms. The number of hydrogen-bond donors (Lipinski definition) is 3. The number of nitrogens with two attached hydrogens (primary N) is 1. The molecule has 1 aromatic rings. The number of nitrogens with one attached hydrogen (secondary N) is 1. The maximum Gasteiger partial charge on any atom is 0.523 e. The van der Waals surface area contributed by atoms with Gasteiger partial charge in [0.1, 0.15) is 18.8 Å². The lowest BCUT2D eigenvalue weighted by atomic mass is 9.91. The zero-order chi connectivity index (χ0) is 24.8. The number of nitrogens with zero attached hydrogens (tertiary/aromatic N) is 3. The summed E-state index contributed by atoms with van der Waals surface area (Å²) in [4.78, 5) is 46.0. The number of aromatic nitrogens is 1. The fourth-order valence-corrected chi connectivity index (χ4v) is 5.69. The van der Waals surface area contributed by atoms with Crippen LogP contribution in [0.3, 0.4) is 0 Å². The highest BCUT2D eigenvalue weighted by Gasteiger charge is 2.67. The second kappa shape index (κ2) is 8.61. The summed E-state index contributed by atoms with van der Waals surface area (Å²) < 4.78 is 65.6. The minimum Gasteiger partial charge on any atom is -0.478 e. The number of rotatable bonds is 7. The quantitative estimate of drug-likeness (QED) is 0.130. The number of amides is 2. The summed E-state index contributed by atoms with van der Waals surface area (Å²) in [5, 5.41) is 16.8. The third-order valence-corrected chi connectivity index (χ3v) is 7.42. The van der Waals surface area contributed by atoms with Gasteiger partial charge in [-0.1, -0.05) is 5.16 Å². The average molecular weight is 533 g/mol. The van der Waals surface area contributed by atoms with Crippen LogP contribution in [0.1, 0.15) is 5.69 Å². The number of alkyl halides is 3. The van der Waals surface area contributed by atoms with Crippen molar-refractivity contribution in [3.63, 3.8) is 0 Å². The van der Waals surface area contributed by atoms with Crippen LogP contribution < -0.4 is 11.1 Å². The average Bonchev–Trinajstić information content (AvgIpc) is 3.14. The van der Waals surface area contributed by atoms with Crippen LogP contribution in [0.15, 0.2) is 10.5 Å². The van der Waals surface area contributed by atoms with Gasteiger partial charge in [0.05, 0.1) is 11.8 Å². The Morgan fingerprint density at radius 3 is 2.64 bits per heavy atom. The second-order valence-electron chi connectivity index (χ2n) is 6.51. The topological polar surface area (TPSA) is 191 Å². The molecule has 3 unspecified atom stereocenters. The predicted octanol–water partition coefficient (Wildman–Crippen LogP) is -0.835. The van der Waals surface area contributed by atoms with Crippen LogP contribution in [-0.4, -0.2) is 88.8 Å². The molecule has 182 valence electrons. The molecule has 33 heavy (non-hydrogen) atoms. The van der Waals surface area contributed by atoms with Crippen LogP contribution in [0.5, 0.6) is 0 Å². The molecule has 1 aromatic heterocycles. The number of thiazole rings is 1. The van der Waals surface area contributed by atoms with Crippen molar-refractivity contribution < 1.29 is 50.1 Å². The van der Waals surface area contributed by atoms with Gasteiger partial charge in [0, 0.05) is 11.1 Å². The number of anilines is 1. The number of thioether (sulfide) groups is 1. The molecule has 3 rings (SSSR count). The van der Waals surface area contributed by atoms with Crippen molar-refractivity contribution >= 4 is 61.8 Å². The van der Waals surface area contributed by atoms with E-state index in [0.717, 1.165) is 30.2 Å². The van der Waals surface area contributed by atoms with Crippen molar-refractivity contribution in [1.29, 1.82) is 0 Å². The van der Waals surface area contributed by atoms with E-state index in [2.05, 4.69) is 24.5 Å². The van der Waals surface area contributed by atoms with Crippen molar-refractivity contribution in [3.05, 3.63) is 11.1 Å². The van der Waals surface area contributed by atoms with E-state index < -0.39 is 57.0 Å². The van der Waals surface area contributed by atoms with Gasteiger partial charge in [-0.25, -0.2) is 14.0 Å². The molecule has 2 saturated heterocycles. The van der Waals surface area contributed by atoms with Gasteiger partial charge < -0.3 is 21.0 Å². The molecule has 13 nitrogen and oxygen atoms in total. The monoisotopic (exact) mass is 533 g/mol. The molecule has 0 radical (unpaired) electrons. The first-order valence-electron chi connectivity index (χ1n) is 8.55. The molecule has 0 saturated carbocycles. The molecule has 2 aliphatic heterocycles. The highest BCUT2D eigenvalue weighted by molar-refractivity contribution is 7.99. The van der Waals surface area contributed by atoms with Gasteiger partial charge in [-0.3, -0.25) is 14.5 Å². The van der Waals surface area contributed by atoms with Gasteiger partial charge in [-0.05, 0) is 0 Å². The maximum absolute atomic E-state index is 12.8. The van der Waals surface area contributed by atoms with E-state index in [1.54, 1.807) is 0 Å². The maximum atomic E-state index is 12.8. The fourth-order valence-electron chi connectivity index (χ4n) is 3.10. The Bertz CT molecular complexity index is 1120. The van der Waals surface area contributed by atoms with E-state index in [-0.39, 0.29) is 22.3 Å². The standard InChI is InChI=1S/C14H14F3N5O8S3/c1-29-21-7(5-2-32-12(18)19-5)9(23)20-8-6-3-31-4-13(11(25)26,22(6)10(8)24)30-33(27,28)14(15,16)17/h2,6,8H,3-4H2,1H3,(H2,18,19)(H,20,23)(H,25,26). The summed E-state index contributed by atoms with van der Waals surface area (Å²) in [6.07, 6.45) is 0. The molecule has 2 aliphatic rings. The Kier molecular flexibility index (Phi) is 6.52. The van der Waals surface area contributed by atoms with Crippen molar-refractivity contribution in [3.8, 4) is 0 Å². The zero-order valence-electron chi connectivity index (χ0n) is 16.2. The van der Waals surface area contributed by atoms with E-state index >= 15 is 0 Å².